The number of ether oxygens (including phenoxy) is 1. The Bertz CT molecular complexity index is 197. The summed E-state index contributed by atoms with van der Waals surface area (Å²) in [6, 6.07) is 0. The first-order chi connectivity index (χ1) is 7.84. The van der Waals surface area contributed by atoms with Crippen molar-refractivity contribution in [2.75, 3.05) is 32.8 Å². The largest absolute Gasteiger partial charge is 0.381 e. The van der Waals surface area contributed by atoms with Gasteiger partial charge in [-0.2, -0.15) is 0 Å². The number of hydrogen-bond acceptors (Lipinski definition) is 3. The molecule has 17 heavy (non-hydrogen) atoms. The molecule has 0 bridgehead atoms. The van der Waals surface area contributed by atoms with Gasteiger partial charge in [0.1, 0.15) is 0 Å². The molecule has 0 aliphatic carbocycles. The van der Waals surface area contributed by atoms with Crippen molar-refractivity contribution in [3.63, 3.8) is 0 Å². The Balaban J connectivity index is 0.00000256. The summed E-state index contributed by atoms with van der Waals surface area (Å²) in [5, 5.41) is 6.15. The highest BCUT2D eigenvalue weighted by molar-refractivity contribution is 5.85. The maximum Gasteiger partial charge on any atom is 0.224 e. The number of amides is 1. The van der Waals surface area contributed by atoms with Gasteiger partial charge in [-0.3, -0.25) is 4.79 Å². The summed E-state index contributed by atoms with van der Waals surface area (Å²) >= 11 is 0. The second-order valence-corrected chi connectivity index (χ2v) is 4.30. The van der Waals surface area contributed by atoms with Crippen LogP contribution in [0.1, 0.15) is 32.6 Å². The predicted molar refractivity (Wildman–Crippen MR) is 71.6 cm³/mol. The SMILES string of the molecule is CCCCOCCCNC(=O)C1CCNC1.Cl. The molecule has 1 unspecified atom stereocenters. The second kappa shape index (κ2) is 10.8. The Hall–Kier alpha value is -0.320. The Morgan fingerprint density at radius 3 is 2.82 bits per heavy atom. The maximum atomic E-state index is 11.6. The smallest absolute Gasteiger partial charge is 0.224 e. The molecular formula is C12H25ClN2O2. The Labute approximate surface area is 110 Å². The van der Waals surface area contributed by atoms with Crippen LogP contribution < -0.4 is 10.6 Å². The summed E-state index contributed by atoms with van der Waals surface area (Å²) in [4.78, 5) is 11.6. The van der Waals surface area contributed by atoms with Gasteiger partial charge in [0.05, 0.1) is 5.92 Å². The summed E-state index contributed by atoms with van der Waals surface area (Å²) in [5.41, 5.74) is 0. The lowest BCUT2D eigenvalue weighted by atomic mass is 10.1. The number of unbranched alkanes of at least 4 members (excludes halogenated alkanes) is 1. The van der Waals surface area contributed by atoms with Gasteiger partial charge in [0.15, 0.2) is 0 Å². The zero-order chi connectivity index (χ0) is 11.6. The van der Waals surface area contributed by atoms with Crippen LogP contribution in [0.3, 0.4) is 0 Å². The van der Waals surface area contributed by atoms with Gasteiger partial charge < -0.3 is 15.4 Å². The highest BCUT2D eigenvalue weighted by atomic mass is 35.5. The van der Waals surface area contributed by atoms with E-state index in [9.17, 15) is 4.79 Å². The molecule has 0 aromatic rings. The number of carbonyl (C=O) groups is 1. The van der Waals surface area contributed by atoms with E-state index in [2.05, 4.69) is 17.6 Å². The summed E-state index contributed by atoms with van der Waals surface area (Å²) in [6.07, 6.45) is 4.18. The minimum absolute atomic E-state index is 0. The minimum atomic E-state index is 0. The van der Waals surface area contributed by atoms with Crippen molar-refractivity contribution >= 4 is 18.3 Å². The van der Waals surface area contributed by atoms with E-state index in [4.69, 9.17) is 4.74 Å². The van der Waals surface area contributed by atoms with Gasteiger partial charge >= 0.3 is 0 Å². The van der Waals surface area contributed by atoms with Gasteiger partial charge in [-0.05, 0) is 25.8 Å². The van der Waals surface area contributed by atoms with Crippen LogP contribution in [0.15, 0.2) is 0 Å². The third-order valence-electron chi connectivity index (χ3n) is 2.84. The van der Waals surface area contributed by atoms with Crippen molar-refractivity contribution in [1.82, 2.24) is 10.6 Å². The van der Waals surface area contributed by atoms with E-state index in [0.717, 1.165) is 52.1 Å². The molecule has 1 heterocycles. The van der Waals surface area contributed by atoms with Gasteiger partial charge in [0, 0.05) is 26.3 Å². The van der Waals surface area contributed by atoms with Crippen LogP contribution >= 0.6 is 12.4 Å². The monoisotopic (exact) mass is 264 g/mol. The number of halogens is 1. The second-order valence-electron chi connectivity index (χ2n) is 4.30. The molecule has 0 aromatic carbocycles. The first kappa shape index (κ1) is 16.7. The van der Waals surface area contributed by atoms with Crippen LogP contribution in [-0.2, 0) is 9.53 Å². The van der Waals surface area contributed by atoms with E-state index in [-0.39, 0.29) is 24.2 Å². The molecule has 1 aliphatic heterocycles. The maximum absolute atomic E-state index is 11.6. The Kier molecular flexibility index (Phi) is 10.6. The van der Waals surface area contributed by atoms with E-state index in [1.54, 1.807) is 0 Å². The summed E-state index contributed by atoms with van der Waals surface area (Å²) in [5.74, 6) is 0.375. The van der Waals surface area contributed by atoms with Crippen molar-refractivity contribution in [3.05, 3.63) is 0 Å². The molecule has 1 amide bonds. The van der Waals surface area contributed by atoms with Crippen molar-refractivity contribution in [2.24, 2.45) is 5.92 Å². The minimum Gasteiger partial charge on any atom is -0.381 e. The third kappa shape index (κ3) is 7.58. The highest BCUT2D eigenvalue weighted by Gasteiger charge is 2.21. The molecule has 2 N–H and O–H groups in total. The van der Waals surface area contributed by atoms with E-state index in [0.29, 0.717) is 0 Å². The summed E-state index contributed by atoms with van der Waals surface area (Å²) in [7, 11) is 0. The lowest BCUT2D eigenvalue weighted by Crippen LogP contribution is -2.32. The molecule has 1 saturated heterocycles. The van der Waals surface area contributed by atoms with Crippen LogP contribution in [0.4, 0.5) is 0 Å². The van der Waals surface area contributed by atoms with Crippen LogP contribution in [0.25, 0.3) is 0 Å². The lowest BCUT2D eigenvalue weighted by Gasteiger charge is -2.09. The third-order valence-corrected chi connectivity index (χ3v) is 2.84. The van der Waals surface area contributed by atoms with E-state index in [1.165, 1.54) is 6.42 Å². The van der Waals surface area contributed by atoms with Gasteiger partial charge in [-0.1, -0.05) is 13.3 Å². The molecule has 0 aromatic heterocycles. The standard InChI is InChI=1S/C12H24N2O2.ClH/c1-2-3-8-16-9-4-6-14-12(15)11-5-7-13-10-11;/h11,13H,2-10H2,1H3,(H,14,15);1H. The number of nitrogens with one attached hydrogen (secondary N) is 2. The molecule has 0 spiro atoms. The molecular weight excluding hydrogens is 240 g/mol. The molecule has 0 radical (unpaired) electrons. The fraction of sp³-hybridized carbons (Fsp3) is 0.917. The molecule has 4 nitrogen and oxygen atoms in total. The molecule has 1 rings (SSSR count). The van der Waals surface area contributed by atoms with Gasteiger partial charge in [-0.15, -0.1) is 12.4 Å². The Morgan fingerprint density at radius 1 is 1.41 bits per heavy atom. The molecule has 1 aliphatic rings. The number of rotatable bonds is 8. The Morgan fingerprint density at radius 2 is 2.18 bits per heavy atom. The van der Waals surface area contributed by atoms with E-state index >= 15 is 0 Å². The van der Waals surface area contributed by atoms with Gasteiger partial charge in [-0.25, -0.2) is 0 Å². The average molecular weight is 265 g/mol. The first-order valence-electron chi connectivity index (χ1n) is 6.40. The van der Waals surface area contributed by atoms with Crippen molar-refractivity contribution in [3.8, 4) is 0 Å². The van der Waals surface area contributed by atoms with Crippen LogP contribution in [0.5, 0.6) is 0 Å². The van der Waals surface area contributed by atoms with Gasteiger partial charge in [0.25, 0.3) is 0 Å². The van der Waals surface area contributed by atoms with Crippen molar-refractivity contribution < 1.29 is 9.53 Å². The zero-order valence-corrected chi connectivity index (χ0v) is 11.5. The molecule has 5 heteroatoms. The lowest BCUT2D eigenvalue weighted by molar-refractivity contribution is -0.124. The normalized spacial score (nSPS) is 18.8. The van der Waals surface area contributed by atoms with E-state index < -0.39 is 0 Å². The molecule has 0 saturated carbocycles. The van der Waals surface area contributed by atoms with Crippen molar-refractivity contribution in [2.45, 2.75) is 32.6 Å². The topological polar surface area (TPSA) is 50.4 Å². The number of hydrogen-bond donors (Lipinski definition) is 2. The summed E-state index contributed by atoms with van der Waals surface area (Å²) in [6.45, 7) is 6.29. The fourth-order valence-corrected chi connectivity index (χ4v) is 1.76. The van der Waals surface area contributed by atoms with Crippen LogP contribution in [0, 0.1) is 5.92 Å². The highest BCUT2D eigenvalue weighted by Crippen LogP contribution is 2.06. The summed E-state index contributed by atoms with van der Waals surface area (Å²) < 4.78 is 5.42. The van der Waals surface area contributed by atoms with Crippen LogP contribution in [-0.4, -0.2) is 38.8 Å². The molecule has 1 fully saturated rings. The first-order valence-corrected chi connectivity index (χ1v) is 6.40. The molecule has 102 valence electrons. The molecule has 1 atom stereocenters. The zero-order valence-electron chi connectivity index (χ0n) is 10.7. The quantitative estimate of drug-likeness (QED) is 0.651. The number of carbonyl (C=O) groups excluding carboxylic acids is 1. The fourth-order valence-electron chi connectivity index (χ4n) is 1.76. The average Bonchev–Trinajstić information content (AvgIpc) is 2.81. The van der Waals surface area contributed by atoms with Crippen molar-refractivity contribution in [1.29, 1.82) is 0 Å². The predicted octanol–water partition coefficient (Wildman–Crippen LogP) is 1.34. The van der Waals surface area contributed by atoms with E-state index in [1.807, 2.05) is 0 Å². The van der Waals surface area contributed by atoms with Gasteiger partial charge in [0.2, 0.25) is 5.91 Å². The van der Waals surface area contributed by atoms with Crippen LogP contribution in [0.2, 0.25) is 0 Å².